The van der Waals surface area contributed by atoms with Crippen LogP contribution < -0.4 is 0 Å². The molecule has 108 valence electrons. The zero-order valence-electron chi connectivity index (χ0n) is 12.3. The van der Waals surface area contributed by atoms with Gasteiger partial charge in [-0.3, -0.25) is 9.20 Å². The first-order valence-corrected chi connectivity index (χ1v) is 7.50. The van der Waals surface area contributed by atoms with Crippen LogP contribution in [0.3, 0.4) is 0 Å². The molecule has 0 saturated heterocycles. The van der Waals surface area contributed by atoms with Crippen molar-refractivity contribution >= 4 is 23.4 Å². The lowest BCUT2D eigenvalue weighted by Gasteiger charge is -2.09. The first kappa shape index (κ1) is 14.8. The van der Waals surface area contributed by atoms with Crippen molar-refractivity contribution < 1.29 is 4.79 Å². The molecule has 0 aliphatic heterocycles. The van der Waals surface area contributed by atoms with Crippen molar-refractivity contribution in [1.82, 2.24) is 24.5 Å². The lowest BCUT2D eigenvalue weighted by atomic mass is 10.3. The number of aromatic nitrogens is 4. The van der Waals surface area contributed by atoms with E-state index in [9.17, 15) is 4.79 Å². The Morgan fingerprint density at radius 2 is 2.10 bits per heavy atom. The molecule has 2 rings (SSSR count). The van der Waals surface area contributed by atoms with Gasteiger partial charge in [0, 0.05) is 37.7 Å². The van der Waals surface area contributed by atoms with Gasteiger partial charge < -0.3 is 4.90 Å². The van der Waals surface area contributed by atoms with Gasteiger partial charge in [-0.2, -0.15) is 0 Å². The van der Waals surface area contributed by atoms with Crippen molar-refractivity contribution in [2.45, 2.75) is 31.8 Å². The van der Waals surface area contributed by atoms with Crippen LogP contribution in [0.5, 0.6) is 0 Å². The third kappa shape index (κ3) is 3.27. The van der Waals surface area contributed by atoms with E-state index >= 15 is 0 Å². The molecule has 0 unspecified atom stereocenters. The molecule has 1 amide bonds. The molecule has 7 heteroatoms. The second-order valence-corrected chi connectivity index (χ2v) is 5.96. The summed E-state index contributed by atoms with van der Waals surface area (Å²) in [7, 11) is 3.55. The zero-order chi connectivity index (χ0) is 14.7. The third-order valence-corrected chi connectivity index (χ3v) is 3.94. The van der Waals surface area contributed by atoms with Crippen molar-refractivity contribution in [3.8, 4) is 0 Å². The molecule has 0 bridgehead atoms. The maximum absolute atomic E-state index is 11.5. The van der Waals surface area contributed by atoms with Gasteiger partial charge in [-0.25, -0.2) is 4.98 Å². The van der Waals surface area contributed by atoms with Crippen LogP contribution in [0.15, 0.2) is 11.2 Å². The first-order chi connectivity index (χ1) is 9.49. The van der Waals surface area contributed by atoms with E-state index < -0.39 is 0 Å². The maximum Gasteiger partial charge on any atom is 0.256 e. The van der Waals surface area contributed by atoms with E-state index in [1.165, 1.54) is 0 Å². The highest BCUT2D eigenvalue weighted by molar-refractivity contribution is 7.99. The fraction of sp³-hybridized carbons (Fsp3) is 0.538. The van der Waals surface area contributed by atoms with E-state index in [1.54, 1.807) is 30.8 Å². The SMILES string of the molecule is Cc1cc(C)n2c(SCCCC(=O)N(C)C)nnc2n1. The second kappa shape index (κ2) is 6.21. The zero-order valence-corrected chi connectivity index (χ0v) is 13.1. The summed E-state index contributed by atoms with van der Waals surface area (Å²) in [6, 6.07) is 2.01. The molecular weight excluding hydrogens is 274 g/mol. The van der Waals surface area contributed by atoms with Gasteiger partial charge in [-0.15, -0.1) is 10.2 Å². The Morgan fingerprint density at radius 1 is 1.35 bits per heavy atom. The van der Waals surface area contributed by atoms with E-state index in [-0.39, 0.29) is 5.91 Å². The van der Waals surface area contributed by atoms with Crippen molar-refractivity contribution in [3.63, 3.8) is 0 Å². The van der Waals surface area contributed by atoms with Gasteiger partial charge in [0.15, 0.2) is 5.16 Å². The number of amides is 1. The number of hydrogen-bond donors (Lipinski definition) is 0. The summed E-state index contributed by atoms with van der Waals surface area (Å²) in [5.74, 6) is 1.63. The molecular formula is C13H19N5OS. The molecule has 6 nitrogen and oxygen atoms in total. The van der Waals surface area contributed by atoms with Crippen LogP contribution >= 0.6 is 11.8 Å². The Bertz CT molecular complexity index is 622. The Hall–Kier alpha value is -1.63. The van der Waals surface area contributed by atoms with Gasteiger partial charge in [0.25, 0.3) is 5.78 Å². The van der Waals surface area contributed by atoms with Gasteiger partial charge in [-0.1, -0.05) is 11.8 Å². The van der Waals surface area contributed by atoms with Gasteiger partial charge in [0.05, 0.1) is 0 Å². The third-order valence-electron chi connectivity index (χ3n) is 2.93. The highest BCUT2D eigenvalue weighted by Crippen LogP contribution is 2.19. The van der Waals surface area contributed by atoms with Gasteiger partial charge in [0.2, 0.25) is 5.91 Å². The predicted molar refractivity (Wildman–Crippen MR) is 78.9 cm³/mol. The predicted octanol–water partition coefficient (Wildman–Crippen LogP) is 1.70. The van der Waals surface area contributed by atoms with Crippen molar-refractivity contribution in [1.29, 1.82) is 0 Å². The highest BCUT2D eigenvalue weighted by Gasteiger charge is 2.10. The minimum Gasteiger partial charge on any atom is -0.349 e. The summed E-state index contributed by atoms with van der Waals surface area (Å²) in [5.41, 5.74) is 2.01. The van der Waals surface area contributed by atoms with Crippen LogP contribution in [-0.2, 0) is 4.79 Å². The van der Waals surface area contributed by atoms with Crippen LogP contribution in [0, 0.1) is 13.8 Å². The quantitative estimate of drug-likeness (QED) is 0.620. The minimum atomic E-state index is 0.158. The molecule has 0 fully saturated rings. The summed E-state index contributed by atoms with van der Waals surface area (Å²) >= 11 is 1.61. The van der Waals surface area contributed by atoms with Crippen LogP contribution in [0.25, 0.3) is 5.78 Å². The van der Waals surface area contributed by atoms with E-state index in [4.69, 9.17) is 0 Å². The number of hydrogen-bond acceptors (Lipinski definition) is 5. The smallest absolute Gasteiger partial charge is 0.256 e. The van der Waals surface area contributed by atoms with Crippen molar-refractivity contribution in [2.75, 3.05) is 19.8 Å². The fourth-order valence-electron chi connectivity index (χ4n) is 1.90. The standard InChI is InChI=1S/C13H19N5OS/c1-9-8-10(2)18-12(14-9)15-16-13(18)20-7-5-6-11(19)17(3)4/h8H,5-7H2,1-4H3. The maximum atomic E-state index is 11.5. The lowest BCUT2D eigenvalue weighted by Crippen LogP contribution is -2.21. The Balaban J connectivity index is 1.99. The number of carbonyl (C=O) groups excluding carboxylic acids is 1. The Morgan fingerprint density at radius 3 is 2.80 bits per heavy atom. The topological polar surface area (TPSA) is 63.4 Å². The molecule has 0 aromatic carbocycles. The van der Waals surface area contributed by atoms with Crippen molar-refractivity contribution in [3.05, 3.63) is 17.5 Å². The molecule has 0 atom stereocenters. The van der Waals surface area contributed by atoms with Gasteiger partial charge in [0.1, 0.15) is 0 Å². The van der Waals surface area contributed by atoms with Crippen LogP contribution in [-0.4, -0.2) is 50.2 Å². The van der Waals surface area contributed by atoms with Gasteiger partial charge >= 0.3 is 0 Å². The summed E-state index contributed by atoms with van der Waals surface area (Å²) in [4.78, 5) is 17.5. The van der Waals surface area contributed by atoms with E-state index in [1.807, 2.05) is 24.3 Å². The Kier molecular flexibility index (Phi) is 4.59. The molecule has 0 N–H and O–H groups in total. The van der Waals surface area contributed by atoms with E-state index in [0.717, 1.165) is 28.7 Å². The number of nitrogens with zero attached hydrogens (tertiary/aromatic N) is 5. The summed E-state index contributed by atoms with van der Waals surface area (Å²) in [6.45, 7) is 3.96. The van der Waals surface area contributed by atoms with E-state index in [0.29, 0.717) is 12.2 Å². The number of aryl methyl sites for hydroxylation is 2. The lowest BCUT2D eigenvalue weighted by molar-refractivity contribution is -0.128. The highest BCUT2D eigenvalue weighted by atomic mass is 32.2. The molecule has 0 aliphatic rings. The van der Waals surface area contributed by atoms with Crippen molar-refractivity contribution in [2.24, 2.45) is 0 Å². The Labute approximate surface area is 122 Å². The largest absolute Gasteiger partial charge is 0.349 e. The molecule has 20 heavy (non-hydrogen) atoms. The number of carbonyl (C=O) groups is 1. The number of fused-ring (bicyclic) bond motifs is 1. The fourth-order valence-corrected chi connectivity index (χ4v) is 2.83. The number of rotatable bonds is 5. The van der Waals surface area contributed by atoms with Crippen LogP contribution in [0.1, 0.15) is 24.2 Å². The molecule has 2 heterocycles. The molecule has 0 spiro atoms. The monoisotopic (exact) mass is 293 g/mol. The molecule has 0 aliphatic carbocycles. The molecule has 0 radical (unpaired) electrons. The second-order valence-electron chi connectivity index (χ2n) is 4.90. The summed E-state index contributed by atoms with van der Waals surface area (Å²) < 4.78 is 1.95. The molecule has 2 aromatic heterocycles. The summed E-state index contributed by atoms with van der Waals surface area (Å²) in [6.07, 6.45) is 1.39. The average molecular weight is 293 g/mol. The van der Waals surface area contributed by atoms with E-state index in [2.05, 4.69) is 15.2 Å². The van der Waals surface area contributed by atoms with Gasteiger partial charge in [-0.05, 0) is 26.3 Å². The molecule has 0 saturated carbocycles. The van der Waals surface area contributed by atoms with Crippen LogP contribution in [0.4, 0.5) is 0 Å². The number of thioether (sulfide) groups is 1. The average Bonchev–Trinajstić information content (AvgIpc) is 2.77. The van der Waals surface area contributed by atoms with Crippen LogP contribution in [0.2, 0.25) is 0 Å². The normalized spacial score (nSPS) is 11.0. The summed E-state index contributed by atoms with van der Waals surface area (Å²) in [5, 5.41) is 9.09. The first-order valence-electron chi connectivity index (χ1n) is 6.51. The molecule has 2 aromatic rings. The minimum absolute atomic E-state index is 0.158.